The zero-order valence-corrected chi connectivity index (χ0v) is 8.99. The zero-order chi connectivity index (χ0) is 11.4. The predicted molar refractivity (Wildman–Crippen MR) is 51.7 cm³/mol. The first kappa shape index (κ1) is 12.8. The Bertz CT molecular complexity index is 188. The molecule has 2 nitrogen and oxygen atoms in total. The molecule has 1 N–H and O–H groups in total. The maximum atomic E-state index is 11.8. The van der Waals surface area contributed by atoms with Crippen LogP contribution in [0.15, 0.2) is 0 Å². The molecule has 0 amide bonds. The van der Waals surface area contributed by atoms with E-state index in [1.54, 1.807) is 0 Å². The molecule has 0 aliphatic carbocycles. The van der Waals surface area contributed by atoms with Crippen LogP contribution >= 0.6 is 0 Å². The van der Waals surface area contributed by atoms with Gasteiger partial charge in [-0.05, 0) is 32.7 Å². The fourth-order valence-corrected chi connectivity index (χ4v) is 1.74. The minimum Gasteiger partial charge on any atom is -0.374 e. The van der Waals surface area contributed by atoms with E-state index in [-0.39, 0.29) is 18.6 Å². The van der Waals surface area contributed by atoms with Crippen LogP contribution in [-0.4, -0.2) is 31.5 Å². The van der Waals surface area contributed by atoms with Gasteiger partial charge in [0.15, 0.2) is 0 Å². The third-order valence-electron chi connectivity index (χ3n) is 2.61. The molecule has 1 fully saturated rings. The Morgan fingerprint density at radius 3 is 2.67 bits per heavy atom. The van der Waals surface area contributed by atoms with Crippen molar-refractivity contribution in [1.29, 1.82) is 0 Å². The smallest absolute Gasteiger partial charge is 0.374 e. The number of nitrogens with one attached hydrogen (secondary N) is 1. The van der Waals surface area contributed by atoms with Gasteiger partial charge in [0.25, 0.3) is 0 Å². The number of hydrogen-bond acceptors (Lipinski definition) is 2. The predicted octanol–water partition coefficient (Wildman–Crippen LogP) is 2.49. The first-order valence-corrected chi connectivity index (χ1v) is 5.33. The van der Waals surface area contributed by atoms with Crippen molar-refractivity contribution in [2.45, 2.75) is 44.4 Å². The van der Waals surface area contributed by atoms with E-state index in [9.17, 15) is 13.2 Å². The standard InChI is InChI=1S/C10H18F3NO/c1-9(4-2-6-14-8-9)15-7-3-5-10(11,12)13/h14H,2-8H2,1H3. The average molecular weight is 225 g/mol. The lowest BCUT2D eigenvalue weighted by Gasteiger charge is -2.34. The van der Waals surface area contributed by atoms with Crippen molar-refractivity contribution in [1.82, 2.24) is 5.32 Å². The second-order valence-electron chi connectivity index (χ2n) is 4.30. The first-order chi connectivity index (χ1) is 6.91. The van der Waals surface area contributed by atoms with Gasteiger partial charge in [-0.15, -0.1) is 0 Å². The molecule has 0 spiro atoms. The van der Waals surface area contributed by atoms with E-state index in [0.29, 0.717) is 0 Å². The monoisotopic (exact) mass is 225 g/mol. The summed E-state index contributed by atoms with van der Waals surface area (Å²) in [6.07, 6.45) is -2.81. The molecule has 1 atom stereocenters. The summed E-state index contributed by atoms with van der Waals surface area (Å²) in [5.41, 5.74) is -0.274. The maximum Gasteiger partial charge on any atom is 0.389 e. The van der Waals surface area contributed by atoms with Gasteiger partial charge in [0.05, 0.1) is 5.60 Å². The molecule has 15 heavy (non-hydrogen) atoms. The molecule has 0 saturated carbocycles. The Hall–Kier alpha value is -0.290. The molecule has 1 heterocycles. The summed E-state index contributed by atoms with van der Waals surface area (Å²) in [6, 6.07) is 0. The van der Waals surface area contributed by atoms with Crippen LogP contribution < -0.4 is 5.32 Å². The quantitative estimate of drug-likeness (QED) is 0.742. The van der Waals surface area contributed by atoms with Crippen LogP contribution in [0.2, 0.25) is 0 Å². The molecule has 90 valence electrons. The lowest BCUT2D eigenvalue weighted by molar-refractivity contribution is -0.142. The van der Waals surface area contributed by atoms with E-state index in [1.807, 2.05) is 6.92 Å². The van der Waals surface area contributed by atoms with Gasteiger partial charge in [0, 0.05) is 19.6 Å². The number of alkyl halides is 3. The molecule has 0 aromatic carbocycles. The van der Waals surface area contributed by atoms with Gasteiger partial charge in [-0.1, -0.05) is 0 Å². The van der Waals surface area contributed by atoms with Crippen molar-refractivity contribution in [3.63, 3.8) is 0 Å². The van der Waals surface area contributed by atoms with Crippen molar-refractivity contribution in [2.75, 3.05) is 19.7 Å². The van der Waals surface area contributed by atoms with Gasteiger partial charge in [-0.2, -0.15) is 13.2 Å². The minimum absolute atomic E-state index is 0.0547. The Labute approximate surface area is 88.2 Å². The summed E-state index contributed by atoms with van der Waals surface area (Å²) < 4.78 is 41.0. The molecule has 1 unspecified atom stereocenters. The fourth-order valence-electron chi connectivity index (χ4n) is 1.74. The summed E-state index contributed by atoms with van der Waals surface area (Å²) in [5, 5.41) is 3.19. The molecule has 0 bridgehead atoms. The van der Waals surface area contributed by atoms with E-state index in [4.69, 9.17) is 4.74 Å². The molecule has 0 aromatic rings. The minimum atomic E-state index is -4.06. The SMILES string of the molecule is CC1(OCCCC(F)(F)F)CCCNC1. The molecule has 1 saturated heterocycles. The second kappa shape index (κ2) is 5.16. The van der Waals surface area contributed by atoms with Crippen molar-refractivity contribution >= 4 is 0 Å². The van der Waals surface area contributed by atoms with E-state index < -0.39 is 12.6 Å². The summed E-state index contributed by atoms with van der Waals surface area (Å²) in [5.74, 6) is 0. The molecular weight excluding hydrogens is 207 g/mol. The Balaban J connectivity index is 2.13. The third kappa shape index (κ3) is 5.37. The van der Waals surface area contributed by atoms with Gasteiger partial charge >= 0.3 is 6.18 Å². The zero-order valence-electron chi connectivity index (χ0n) is 8.99. The van der Waals surface area contributed by atoms with Gasteiger partial charge in [0.1, 0.15) is 0 Å². The van der Waals surface area contributed by atoms with Crippen LogP contribution in [0.4, 0.5) is 13.2 Å². The highest BCUT2D eigenvalue weighted by molar-refractivity contribution is 4.82. The number of piperidine rings is 1. The topological polar surface area (TPSA) is 21.3 Å². The van der Waals surface area contributed by atoms with Gasteiger partial charge < -0.3 is 10.1 Å². The Morgan fingerprint density at radius 2 is 2.13 bits per heavy atom. The van der Waals surface area contributed by atoms with Crippen molar-refractivity contribution in [2.24, 2.45) is 0 Å². The highest BCUT2D eigenvalue weighted by Gasteiger charge is 2.29. The lowest BCUT2D eigenvalue weighted by atomic mass is 9.96. The van der Waals surface area contributed by atoms with Crippen LogP contribution in [0.25, 0.3) is 0 Å². The van der Waals surface area contributed by atoms with Crippen molar-refractivity contribution in [3.8, 4) is 0 Å². The van der Waals surface area contributed by atoms with Gasteiger partial charge in [-0.25, -0.2) is 0 Å². The second-order valence-corrected chi connectivity index (χ2v) is 4.30. The summed E-state index contributed by atoms with van der Waals surface area (Å²) >= 11 is 0. The van der Waals surface area contributed by atoms with E-state index >= 15 is 0 Å². The number of ether oxygens (including phenoxy) is 1. The van der Waals surface area contributed by atoms with Crippen LogP contribution in [0.5, 0.6) is 0 Å². The number of halogens is 3. The van der Waals surface area contributed by atoms with Gasteiger partial charge in [-0.3, -0.25) is 0 Å². The van der Waals surface area contributed by atoms with Crippen molar-refractivity contribution < 1.29 is 17.9 Å². The van der Waals surface area contributed by atoms with Crippen LogP contribution in [0.1, 0.15) is 32.6 Å². The molecular formula is C10H18F3NO. The van der Waals surface area contributed by atoms with Crippen LogP contribution in [0.3, 0.4) is 0 Å². The highest BCUT2D eigenvalue weighted by Crippen LogP contribution is 2.24. The summed E-state index contributed by atoms with van der Waals surface area (Å²) in [6.45, 7) is 3.85. The number of hydrogen-bond donors (Lipinski definition) is 1. The Morgan fingerprint density at radius 1 is 1.40 bits per heavy atom. The van der Waals surface area contributed by atoms with E-state index in [0.717, 1.165) is 25.9 Å². The average Bonchev–Trinajstić information content (AvgIpc) is 2.12. The third-order valence-corrected chi connectivity index (χ3v) is 2.61. The molecule has 0 radical (unpaired) electrons. The molecule has 5 heteroatoms. The van der Waals surface area contributed by atoms with Crippen LogP contribution in [0, 0.1) is 0 Å². The van der Waals surface area contributed by atoms with E-state index in [1.165, 1.54) is 0 Å². The summed E-state index contributed by atoms with van der Waals surface area (Å²) in [4.78, 5) is 0. The van der Waals surface area contributed by atoms with Gasteiger partial charge in [0.2, 0.25) is 0 Å². The fraction of sp³-hybridized carbons (Fsp3) is 1.00. The normalized spacial score (nSPS) is 28.0. The lowest BCUT2D eigenvalue weighted by Crippen LogP contribution is -2.45. The van der Waals surface area contributed by atoms with E-state index in [2.05, 4.69) is 5.32 Å². The maximum absolute atomic E-state index is 11.8. The first-order valence-electron chi connectivity index (χ1n) is 5.33. The molecule has 1 aliphatic heterocycles. The van der Waals surface area contributed by atoms with Crippen molar-refractivity contribution in [3.05, 3.63) is 0 Å². The highest BCUT2D eigenvalue weighted by atomic mass is 19.4. The molecule has 0 aromatic heterocycles. The molecule has 1 rings (SSSR count). The largest absolute Gasteiger partial charge is 0.389 e. The summed E-state index contributed by atoms with van der Waals surface area (Å²) in [7, 11) is 0. The molecule has 1 aliphatic rings. The Kier molecular flexibility index (Phi) is 4.40. The van der Waals surface area contributed by atoms with Crippen LogP contribution in [-0.2, 0) is 4.74 Å². The number of rotatable bonds is 4.